The van der Waals surface area contributed by atoms with Crippen LogP contribution in [0.1, 0.15) is 12.8 Å². The van der Waals surface area contributed by atoms with E-state index < -0.39 is 0 Å². The van der Waals surface area contributed by atoms with Crippen LogP contribution in [0.25, 0.3) is 0 Å². The fraction of sp³-hybridized carbons (Fsp3) is 1.00. The molecule has 0 spiro atoms. The highest BCUT2D eigenvalue weighted by Crippen LogP contribution is 2.14. The lowest BCUT2D eigenvalue weighted by Crippen LogP contribution is -2.55. The summed E-state index contributed by atoms with van der Waals surface area (Å²) < 4.78 is 16.0. The zero-order valence-corrected chi connectivity index (χ0v) is 12.0. The van der Waals surface area contributed by atoms with Gasteiger partial charge in [0.15, 0.2) is 0 Å². The highest BCUT2D eigenvalue weighted by molar-refractivity contribution is 4.86. The molecule has 1 fully saturated rings. The van der Waals surface area contributed by atoms with Gasteiger partial charge in [-0.1, -0.05) is 0 Å². The fourth-order valence-electron chi connectivity index (χ4n) is 2.48. The summed E-state index contributed by atoms with van der Waals surface area (Å²) >= 11 is 0. The van der Waals surface area contributed by atoms with Gasteiger partial charge in [0, 0.05) is 52.6 Å². The Labute approximate surface area is 111 Å². The minimum atomic E-state index is 0.441. The second-order valence-corrected chi connectivity index (χ2v) is 4.70. The van der Waals surface area contributed by atoms with E-state index in [1.54, 1.807) is 14.2 Å². The molecular formula is C13H28N2O3. The molecule has 1 N–H and O–H groups in total. The van der Waals surface area contributed by atoms with Crippen molar-refractivity contribution in [3.63, 3.8) is 0 Å². The zero-order chi connectivity index (χ0) is 13.2. The second kappa shape index (κ2) is 9.69. The standard InChI is InChI=1S/C13H28N2O3/c1-14-12-5-9-18-11-13(12)15(7-10-17-3)6-4-8-16-2/h12-14H,4-11H2,1-3H3. The van der Waals surface area contributed by atoms with Gasteiger partial charge in [-0.15, -0.1) is 0 Å². The molecule has 0 aromatic carbocycles. The van der Waals surface area contributed by atoms with Crippen LogP contribution in [0.3, 0.4) is 0 Å². The molecule has 1 heterocycles. The lowest BCUT2D eigenvalue weighted by molar-refractivity contribution is -0.0113. The van der Waals surface area contributed by atoms with Gasteiger partial charge in [0.2, 0.25) is 0 Å². The first-order valence-electron chi connectivity index (χ1n) is 6.80. The maximum Gasteiger partial charge on any atom is 0.0637 e. The molecule has 2 atom stereocenters. The van der Waals surface area contributed by atoms with Crippen molar-refractivity contribution in [1.29, 1.82) is 0 Å². The van der Waals surface area contributed by atoms with Crippen LogP contribution in [-0.4, -0.2) is 77.8 Å². The van der Waals surface area contributed by atoms with Crippen LogP contribution >= 0.6 is 0 Å². The summed E-state index contributed by atoms with van der Waals surface area (Å²) in [5, 5.41) is 3.41. The van der Waals surface area contributed by atoms with Crippen molar-refractivity contribution >= 4 is 0 Å². The number of ether oxygens (including phenoxy) is 3. The summed E-state index contributed by atoms with van der Waals surface area (Å²) in [6.45, 7) is 5.22. The van der Waals surface area contributed by atoms with E-state index in [9.17, 15) is 0 Å². The highest BCUT2D eigenvalue weighted by atomic mass is 16.5. The van der Waals surface area contributed by atoms with E-state index in [1.165, 1.54) is 0 Å². The van der Waals surface area contributed by atoms with Crippen molar-refractivity contribution in [1.82, 2.24) is 10.2 Å². The van der Waals surface area contributed by atoms with E-state index >= 15 is 0 Å². The Morgan fingerprint density at radius 1 is 1.22 bits per heavy atom. The van der Waals surface area contributed by atoms with E-state index in [0.717, 1.165) is 52.4 Å². The maximum absolute atomic E-state index is 5.63. The molecule has 0 aromatic rings. The lowest BCUT2D eigenvalue weighted by atomic mass is 10.0. The van der Waals surface area contributed by atoms with Crippen molar-refractivity contribution in [2.24, 2.45) is 0 Å². The van der Waals surface area contributed by atoms with Gasteiger partial charge in [0.1, 0.15) is 0 Å². The second-order valence-electron chi connectivity index (χ2n) is 4.70. The fourth-order valence-corrected chi connectivity index (χ4v) is 2.48. The average molecular weight is 260 g/mol. The summed E-state index contributed by atoms with van der Waals surface area (Å²) in [4.78, 5) is 2.46. The van der Waals surface area contributed by atoms with E-state index in [2.05, 4.69) is 10.2 Å². The predicted molar refractivity (Wildman–Crippen MR) is 72.0 cm³/mol. The summed E-state index contributed by atoms with van der Waals surface area (Å²) in [5.74, 6) is 0. The Morgan fingerprint density at radius 2 is 2.00 bits per heavy atom. The number of hydrogen-bond donors (Lipinski definition) is 1. The van der Waals surface area contributed by atoms with E-state index in [0.29, 0.717) is 12.1 Å². The quantitative estimate of drug-likeness (QED) is 0.606. The molecule has 0 saturated carbocycles. The first-order chi connectivity index (χ1) is 8.83. The Hall–Kier alpha value is -0.200. The summed E-state index contributed by atoms with van der Waals surface area (Å²) in [6, 6.07) is 0.953. The van der Waals surface area contributed by atoms with Gasteiger partial charge in [0.25, 0.3) is 0 Å². The maximum atomic E-state index is 5.63. The molecule has 0 aromatic heterocycles. The summed E-state index contributed by atoms with van der Waals surface area (Å²) in [7, 11) is 5.53. The smallest absolute Gasteiger partial charge is 0.0637 e. The van der Waals surface area contributed by atoms with Crippen LogP contribution in [0.5, 0.6) is 0 Å². The van der Waals surface area contributed by atoms with Crippen LogP contribution in [0.4, 0.5) is 0 Å². The molecule has 0 aliphatic carbocycles. The molecule has 18 heavy (non-hydrogen) atoms. The van der Waals surface area contributed by atoms with Crippen LogP contribution in [0.15, 0.2) is 0 Å². The van der Waals surface area contributed by atoms with Crippen LogP contribution in [-0.2, 0) is 14.2 Å². The molecule has 1 rings (SSSR count). The monoisotopic (exact) mass is 260 g/mol. The SMILES string of the molecule is CNC1CCOCC1N(CCCOC)CCOC. The predicted octanol–water partition coefficient (Wildman–Crippen LogP) is 0.348. The third-order valence-corrected chi connectivity index (χ3v) is 3.54. The Kier molecular flexibility index (Phi) is 8.54. The first kappa shape index (κ1) is 15.9. The van der Waals surface area contributed by atoms with E-state index in [1.807, 2.05) is 7.05 Å². The minimum Gasteiger partial charge on any atom is -0.385 e. The number of hydrogen-bond acceptors (Lipinski definition) is 5. The molecule has 5 nitrogen and oxygen atoms in total. The molecule has 1 saturated heterocycles. The molecule has 1 aliphatic heterocycles. The minimum absolute atomic E-state index is 0.441. The van der Waals surface area contributed by atoms with Crippen LogP contribution < -0.4 is 5.32 Å². The molecule has 0 radical (unpaired) electrons. The normalized spacial score (nSPS) is 24.7. The van der Waals surface area contributed by atoms with Crippen LogP contribution in [0.2, 0.25) is 0 Å². The summed E-state index contributed by atoms with van der Waals surface area (Å²) in [6.07, 6.45) is 2.13. The van der Waals surface area contributed by atoms with Gasteiger partial charge in [0.05, 0.1) is 13.2 Å². The van der Waals surface area contributed by atoms with Crippen LogP contribution in [0, 0.1) is 0 Å². The van der Waals surface area contributed by atoms with Crippen molar-refractivity contribution < 1.29 is 14.2 Å². The largest absolute Gasteiger partial charge is 0.385 e. The van der Waals surface area contributed by atoms with Crippen molar-refractivity contribution in [2.45, 2.75) is 24.9 Å². The number of rotatable bonds is 9. The average Bonchev–Trinajstić information content (AvgIpc) is 2.42. The topological polar surface area (TPSA) is 43.0 Å². The van der Waals surface area contributed by atoms with Gasteiger partial charge >= 0.3 is 0 Å². The summed E-state index contributed by atoms with van der Waals surface area (Å²) in [5.41, 5.74) is 0. The molecule has 108 valence electrons. The first-order valence-corrected chi connectivity index (χ1v) is 6.80. The van der Waals surface area contributed by atoms with Gasteiger partial charge in [-0.3, -0.25) is 4.90 Å². The molecule has 2 unspecified atom stereocenters. The Balaban J connectivity index is 2.48. The molecular weight excluding hydrogens is 232 g/mol. The molecule has 0 amide bonds. The molecule has 0 bridgehead atoms. The van der Waals surface area contributed by atoms with E-state index in [4.69, 9.17) is 14.2 Å². The Morgan fingerprint density at radius 3 is 2.67 bits per heavy atom. The van der Waals surface area contributed by atoms with Crippen molar-refractivity contribution in [3.05, 3.63) is 0 Å². The number of likely N-dealkylation sites (N-methyl/N-ethyl adjacent to an activating group) is 1. The molecule has 1 aliphatic rings. The Bertz CT molecular complexity index is 205. The van der Waals surface area contributed by atoms with Gasteiger partial charge in [-0.2, -0.15) is 0 Å². The van der Waals surface area contributed by atoms with E-state index in [-0.39, 0.29) is 0 Å². The third-order valence-electron chi connectivity index (χ3n) is 3.54. The van der Waals surface area contributed by atoms with Gasteiger partial charge in [-0.25, -0.2) is 0 Å². The number of nitrogens with one attached hydrogen (secondary N) is 1. The van der Waals surface area contributed by atoms with Crippen molar-refractivity contribution in [3.8, 4) is 0 Å². The third kappa shape index (κ3) is 5.20. The zero-order valence-electron chi connectivity index (χ0n) is 12.0. The lowest BCUT2D eigenvalue weighted by Gasteiger charge is -2.39. The highest BCUT2D eigenvalue weighted by Gasteiger charge is 2.29. The van der Waals surface area contributed by atoms with Gasteiger partial charge in [-0.05, 0) is 19.9 Å². The van der Waals surface area contributed by atoms with Gasteiger partial charge < -0.3 is 19.5 Å². The number of methoxy groups -OCH3 is 2. The molecule has 5 heteroatoms. The van der Waals surface area contributed by atoms with Crippen molar-refractivity contribution in [2.75, 3.05) is 60.8 Å². The number of nitrogens with zero attached hydrogens (tertiary/aromatic N) is 1.